The van der Waals surface area contributed by atoms with E-state index in [0.29, 0.717) is 11.3 Å². The minimum absolute atomic E-state index is 0.168. The lowest BCUT2D eigenvalue weighted by molar-refractivity contribution is -0.170. The van der Waals surface area contributed by atoms with Crippen molar-refractivity contribution in [3.63, 3.8) is 0 Å². The number of anilines is 2. The minimum atomic E-state index is -5.24. The largest absolute Gasteiger partial charge is 0.478 e. The van der Waals surface area contributed by atoms with Crippen molar-refractivity contribution in [1.29, 1.82) is 0 Å². The van der Waals surface area contributed by atoms with Crippen molar-refractivity contribution in [1.82, 2.24) is 19.9 Å². The first kappa shape index (κ1) is 34.3. The van der Waals surface area contributed by atoms with Crippen LogP contribution in [0.5, 0.6) is 0 Å². The van der Waals surface area contributed by atoms with E-state index in [4.69, 9.17) is 10.8 Å². The molecular formula is C26H30F3N7O7. The van der Waals surface area contributed by atoms with E-state index in [2.05, 4.69) is 30.0 Å². The predicted molar refractivity (Wildman–Crippen MR) is 147 cm³/mol. The number of H-pyrrole nitrogens is 1. The van der Waals surface area contributed by atoms with Crippen LogP contribution < -0.4 is 21.5 Å². The van der Waals surface area contributed by atoms with Crippen LogP contribution in [0.1, 0.15) is 49.7 Å². The first-order valence-corrected chi connectivity index (χ1v) is 12.7. The van der Waals surface area contributed by atoms with Gasteiger partial charge in [0, 0.05) is 11.6 Å². The van der Waals surface area contributed by atoms with Crippen molar-refractivity contribution < 1.29 is 42.2 Å². The maximum Gasteiger partial charge on any atom is 0.471 e. The Hall–Kier alpha value is -4.93. The first-order chi connectivity index (χ1) is 20.1. The van der Waals surface area contributed by atoms with Gasteiger partial charge in [0.05, 0.1) is 31.1 Å². The molecule has 2 aromatic heterocycles. The van der Waals surface area contributed by atoms with Crippen LogP contribution in [0, 0.1) is 5.92 Å². The molecule has 43 heavy (non-hydrogen) atoms. The third-order valence-electron chi connectivity index (χ3n) is 5.57. The van der Waals surface area contributed by atoms with E-state index in [0.717, 1.165) is 36.9 Å². The highest BCUT2D eigenvalue weighted by Gasteiger charge is 2.43. The van der Waals surface area contributed by atoms with Crippen molar-refractivity contribution in [2.24, 2.45) is 11.7 Å². The molecule has 5 N–H and O–H groups in total. The summed E-state index contributed by atoms with van der Waals surface area (Å²) in [6, 6.07) is 3.74. The number of carboxylic acids is 1. The zero-order valence-electron chi connectivity index (χ0n) is 23.6. The molecule has 0 bridgehead atoms. The van der Waals surface area contributed by atoms with Gasteiger partial charge in [0.25, 0.3) is 5.56 Å². The van der Waals surface area contributed by atoms with Gasteiger partial charge in [-0.1, -0.05) is 27.2 Å². The molecule has 0 fully saturated rings. The van der Waals surface area contributed by atoms with Crippen molar-refractivity contribution in [3.8, 4) is 0 Å². The summed E-state index contributed by atoms with van der Waals surface area (Å²) in [5.74, 6) is -4.83. The molecule has 0 saturated heterocycles. The molecule has 2 heterocycles. The number of aromatic carboxylic acids is 1. The Morgan fingerprint density at radius 2 is 1.77 bits per heavy atom. The third-order valence-corrected chi connectivity index (χ3v) is 5.57. The number of carbonyl (C=O) groups excluding carboxylic acids is 3. The minimum Gasteiger partial charge on any atom is -0.478 e. The van der Waals surface area contributed by atoms with Crippen LogP contribution in [-0.4, -0.2) is 68.1 Å². The number of rotatable bonds is 9. The molecular weight excluding hydrogens is 579 g/mol. The van der Waals surface area contributed by atoms with E-state index in [1.807, 2.05) is 6.92 Å². The summed E-state index contributed by atoms with van der Waals surface area (Å²) < 4.78 is 44.0. The number of benzene rings is 1. The topological polar surface area (TPSA) is 211 Å². The average Bonchev–Trinajstić information content (AvgIpc) is 2.95. The molecule has 0 aliphatic heterocycles. The molecule has 0 unspecified atom stereocenters. The van der Waals surface area contributed by atoms with Gasteiger partial charge < -0.3 is 15.6 Å². The molecule has 3 aromatic rings. The van der Waals surface area contributed by atoms with Gasteiger partial charge in [-0.3, -0.25) is 34.4 Å². The Balaban J connectivity index is 0.000000621. The summed E-state index contributed by atoms with van der Waals surface area (Å²) >= 11 is 0. The number of ether oxygens (including phenoxy) is 1. The number of esters is 1. The van der Waals surface area contributed by atoms with E-state index < -0.39 is 48.0 Å². The summed E-state index contributed by atoms with van der Waals surface area (Å²) in [6.07, 6.45) is -2.59. The van der Waals surface area contributed by atoms with E-state index >= 15 is 0 Å². The van der Waals surface area contributed by atoms with Crippen LogP contribution in [0.3, 0.4) is 0 Å². The summed E-state index contributed by atoms with van der Waals surface area (Å²) in [7, 11) is 1.35. The number of nitrogens with zero attached hydrogens (tertiary/aromatic N) is 4. The number of nitrogens with one attached hydrogen (secondary N) is 2. The fourth-order valence-electron chi connectivity index (χ4n) is 3.31. The Kier molecular flexibility index (Phi) is 11.8. The number of aromatic nitrogens is 4. The first-order valence-electron chi connectivity index (χ1n) is 12.7. The van der Waals surface area contributed by atoms with Crippen molar-refractivity contribution in [2.45, 2.75) is 52.4 Å². The monoisotopic (exact) mass is 609 g/mol. The standard InChI is InChI=1S/C20H17F3N6O5.C6H13NO2/c1-9(2)15(30)27-19-26-14-13(16(31)28-19)25-11(7-24-14)8-29(18(34)20(21,22)23)12-5-3-10(4-6-12)17(32)33;1-3-4-5(7)6(8)9-2/h3-7,9H,8H2,1-2H3,(H,32,33)(H2,24,26,27,28,30,31);5H,3-4,7H2,1-2H3/t;5-/m.0/s1. The van der Waals surface area contributed by atoms with Gasteiger partial charge in [-0.25, -0.2) is 14.8 Å². The Labute approximate surface area is 242 Å². The molecule has 3 rings (SSSR count). The molecule has 0 saturated carbocycles. The van der Waals surface area contributed by atoms with E-state index in [1.54, 1.807) is 13.8 Å². The van der Waals surface area contributed by atoms with Gasteiger partial charge in [-0.2, -0.15) is 18.2 Å². The van der Waals surface area contributed by atoms with Gasteiger partial charge in [0.2, 0.25) is 11.9 Å². The molecule has 0 aliphatic rings. The lowest BCUT2D eigenvalue weighted by atomic mass is 10.2. The molecule has 14 nitrogen and oxygen atoms in total. The van der Waals surface area contributed by atoms with Crippen LogP contribution in [0.15, 0.2) is 35.3 Å². The molecule has 17 heteroatoms. The van der Waals surface area contributed by atoms with Crippen LogP contribution in [0.4, 0.5) is 24.8 Å². The lowest BCUT2D eigenvalue weighted by Crippen LogP contribution is -2.41. The smallest absolute Gasteiger partial charge is 0.471 e. The van der Waals surface area contributed by atoms with E-state index in [9.17, 15) is 37.1 Å². The molecule has 0 spiro atoms. The molecule has 1 atom stereocenters. The average molecular weight is 610 g/mol. The van der Waals surface area contributed by atoms with Gasteiger partial charge >= 0.3 is 24.0 Å². The highest BCUT2D eigenvalue weighted by atomic mass is 19.4. The second-order valence-corrected chi connectivity index (χ2v) is 9.25. The number of carbonyl (C=O) groups is 4. The van der Waals surface area contributed by atoms with Crippen molar-refractivity contribution in [2.75, 3.05) is 17.3 Å². The fourth-order valence-corrected chi connectivity index (χ4v) is 3.31. The number of methoxy groups -OCH3 is 1. The zero-order valence-corrected chi connectivity index (χ0v) is 23.6. The maximum atomic E-state index is 13.2. The summed E-state index contributed by atoms with van der Waals surface area (Å²) in [5, 5.41) is 11.4. The molecule has 0 aliphatic carbocycles. The number of hydrogen-bond donors (Lipinski definition) is 4. The fraction of sp³-hybridized carbons (Fsp3) is 0.385. The van der Waals surface area contributed by atoms with E-state index in [1.165, 1.54) is 7.11 Å². The number of carboxylic acid groups (broad SMARTS) is 1. The number of halogens is 3. The van der Waals surface area contributed by atoms with Crippen LogP contribution in [0.25, 0.3) is 11.2 Å². The van der Waals surface area contributed by atoms with Gasteiger partial charge in [-0.15, -0.1) is 0 Å². The maximum absolute atomic E-state index is 13.2. The van der Waals surface area contributed by atoms with Gasteiger partial charge in [0.1, 0.15) is 6.04 Å². The molecule has 2 amide bonds. The SMILES string of the molecule is CC(C)C(=O)Nc1nc2ncc(CN(C(=O)C(F)(F)F)c3ccc(C(=O)O)cc3)nc2c(=O)[nH]1.CCC[C@H](N)C(=O)OC. The van der Waals surface area contributed by atoms with Gasteiger partial charge in [0.15, 0.2) is 11.2 Å². The highest BCUT2D eigenvalue weighted by Crippen LogP contribution is 2.26. The molecule has 0 radical (unpaired) electrons. The number of aromatic amines is 1. The second-order valence-electron chi connectivity index (χ2n) is 9.25. The lowest BCUT2D eigenvalue weighted by Gasteiger charge is -2.23. The van der Waals surface area contributed by atoms with Crippen LogP contribution in [0.2, 0.25) is 0 Å². The summed E-state index contributed by atoms with van der Waals surface area (Å²) in [6.45, 7) is 4.51. The number of alkyl halides is 3. The molecule has 232 valence electrons. The Morgan fingerprint density at radius 3 is 2.28 bits per heavy atom. The highest BCUT2D eigenvalue weighted by molar-refractivity contribution is 5.98. The van der Waals surface area contributed by atoms with Crippen molar-refractivity contribution >= 4 is 46.6 Å². The van der Waals surface area contributed by atoms with Gasteiger partial charge in [-0.05, 0) is 30.7 Å². The normalized spacial score (nSPS) is 11.7. The van der Waals surface area contributed by atoms with Crippen LogP contribution in [-0.2, 0) is 25.7 Å². The number of hydrogen-bond acceptors (Lipinski definition) is 10. The molecule has 1 aromatic carbocycles. The van der Waals surface area contributed by atoms with Crippen molar-refractivity contribution in [3.05, 3.63) is 52.1 Å². The zero-order chi connectivity index (χ0) is 32.5. The summed E-state index contributed by atoms with van der Waals surface area (Å²) in [5.41, 5.74) is 3.46. The van der Waals surface area contributed by atoms with E-state index in [-0.39, 0.29) is 40.0 Å². The Morgan fingerprint density at radius 1 is 1.14 bits per heavy atom. The Bertz CT molecular complexity index is 1530. The quantitative estimate of drug-likeness (QED) is 0.259. The number of nitrogens with two attached hydrogens (primary N) is 1. The van der Waals surface area contributed by atoms with Crippen LogP contribution >= 0.6 is 0 Å². The third kappa shape index (κ3) is 9.56. The number of amides is 2. The predicted octanol–water partition coefficient (Wildman–Crippen LogP) is 2.39. The summed E-state index contributed by atoms with van der Waals surface area (Å²) in [4.78, 5) is 72.3. The number of fused-ring (bicyclic) bond motifs is 1. The second kappa shape index (κ2) is 14.8.